The topological polar surface area (TPSA) is 26.3 Å². The van der Waals surface area contributed by atoms with E-state index in [1.165, 1.54) is 0 Å². The lowest BCUT2D eigenvalue weighted by molar-refractivity contribution is -0.147. The van der Waals surface area contributed by atoms with Gasteiger partial charge in [0, 0.05) is 3.57 Å². The van der Waals surface area contributed by atoms with Crippen LogP contribution in [0.25, 0.3) is 0 Å². The van der Waals surface area contributed by atoms with Crippen LogP contribution in [0.4, 0.5) is 0 Å². The summed E-state index contributed by atoms with van der Waals surface area (Å²) in [6, 6.07) is 7.90. The highest BCUT2D eigenvalue weighted by atomic mass is 127. The molecular formula is C12H15IO2. The third-order valence-corrected chi connectivity index (χ3v) is 2.82. The van der Waals surface area contributed by atoms with Gasteiger partial charge in [0.05, 0.1) is 12.5 Å². The van der Waals surface area contributed by atoms with Gasteiger partial charge < -0.3 is 4.74 Å². The van der Waals surface area contributed by atoms with E-state index in [4.69, 9.17) is 4.74 Å². The van der Waals surface area contributed by atoms with Crippen molar-refractivity contribution in [1.29, 1.82) is 0 Å². The van der Waals surface area contributed by atoms with Gasteiger partial charge >= 0.3 is 5.97 Å². The van der Waals surface area contributed by atoms with Gasteiger partial charge in [0.2, 0.25) is 0 Å². The van der Waals surface area contributed by atoms with Crippen molar-refractivity contribution in [3.63, 3.8) is 0 Å². The predicted octanol–water partition coefficient (Wildman–Crippen LogP) is 3.18. The van der Waals surface area contributed by atoms with Crippen molar-refractivity contribution in [2.75, 3.05) is 0 Å². The van der Waals surface area contributed by atoms with Crippen LogP contribution < -0.4 is 0 Å². The molecule has 0 aromatic heterocycles. The largest absolute Gasteiger partial charge is 0.462 e. The summed E-state index contributed by atoms with van der Waals surface area (Å²) in [4.78, 5) is 11.5. The van der Waals surface area contributed by atoms with E-state index in [0.717, 1.165) is 15.6 Å². The summed E-state index contributed by atoms with van der Waals surface area (Å²) in [5.41, 5.74) is 1.01. The Labute approximate surface area is 104 Å². The highest BCUT2D eigenvalue weighted by Crippen LogP contribution is 2.09. The summed E-state index contributed by atoms with van der Waals surface area (Å²) in [6.45, 7) is 3.91. The maximum atomic E-state index is 11.5. The summed E-state index contributed by atoms with van der Waals surface area (Å²) in [6.07, 6.45) is 1.24. The average molecular weight is 318 g/mol. The van der Waals surface area contributed by atoms with Crippen LogP contribution in [0.15, 0.2) is 24.3 Å². The monoisotopic (exact) mass is 318 g/mol. The van der Waals surface area contributed by atoms with Gasteiger partial charge in [-0.1, -0.05) is 19.1 Å². The highest BCUT2D eigenvalue weighted by Gasteiger charge is 2.08. The van der Waals surface area contributed by atoms with Gasteiger partial charge in [-0.3, -0.25) is 4.79 Å². The fraction of sp³-hybridized carbons (Fsp3) is 0.417. The van der Waals surface area contributed by atoms with Gasteiger partial charge in [-0.15, -0.1) is 0 Å². The molecule has 0 saturated heterocycles. The molecule has 0 aliphatic carbocycles. The average Bonchev–Trinajstić information content (AvgIpc) is 2.17. The SMILES string of the molecule is CCC(C)OC(=O)Cc1cccc(I)c1. The second-order valence-electron chi connectivity index (χ2n) is 3.52. The van der Waals surface area contributed by atoms with Crippen molar-refractivity contribution in [3.05, 3.63) is 33.4 Å². The number of hydrogen-bond acceptors (Lipinski definition) is 2. The quantitative estimate of drug-likeness (QED) is 0.630. The molecule has 1 rings (SSSR count). The lowest BCUT2D eigenvalue weighted by atomic mass is 10.1. The number of hydrogen-bond donors (Lipinski definition) is 0. The van der Waals surface area contributed by atoms with Gasteiger partial charge in [-0.05, 0) is 53.6 Å². The fourth-order valence-electron chi connectivity index (χ4n) is 1.16. The molecule has 0 heterocycles. The molecule has 82 valence electrons. The van der Waals surface area contributed by atoms with Gasteiger partial charge in [0.25, 0.3) is 0 Å². The van der Waals surface area contributed by atoms with Crippen LogP contribution in [0.2, 0.25) is 0 Å². The lowest BCUT2D eigenvalue weighted by Gasteiger charge is -2.10. The van der Waals surface area contributed by atoms with E-state index in [2.05, 4.69) is 22.6 Å². The Balaban J connectivity index is 2.51. The first-order valence-corrected chi connectivity index (χ1v) is 6.13. The van der Waals surface area contributed by atoms with E-state index in [9.17, 15) is 4.79 Å². The minimum Gasteiger partial charge on any atom is -0.462 e. The van der Waals surface area contributed by atoms with Crippen LogP contribution in [0.1, 0.15) is 25.8 Å². The number of carbonyl (C=O) groups is 1. The molecule has 0 N–H and O–H groups in total. The van der Waals surface area contributed by atoms with Crippen molar-refractivity contribution in [2.24, 2.45) is 0 Å². The predicted molar refractivity (Wildman–Crippen MR) is 68.7 cm³/mol. The van der Waals surface area contributed by atoms with Crippen molar-refractivity contribution in [3.8, 4) is 0 Å². The maximum Gasteiger partial charge on any atom is 0.310 e. The molecule has 0 bridgehead atoms. The third kappa shape index (κ3) is 4.64. The molecule has 0 aliphatic rings. The Kier molecular flexibility index (Phi) is 5.08. The zero-order valence-corrected chi connectivity index (χ0v) is 11.2. The molecule has 0 saturated carbocycles. The first kappa shape index (κ1) is 12.5. The molecule has 3 heteroatoms. The van der Waals surface area contributed by atoms with Crippen molar-refractivity contribution >= 4 is 28.6 Å². The van der Waals surface area contributed by atoms with Crippen molar-refractivity contribution in [2.45, 2.75) is 32.8 Å². The third-order valence-electron chi connectivity index (χ3n) is 2.15. The maximum absolute atomic E-state index is 11.5. The van der Waals surface area contributed by atoms with E-state index in [0.29, 0.717) is 6.42 Å². The molecule has 0 fully saturated rings. The van der Waals surface area contributed by atoms with E-state index in [-0.39, 0.29) is 12.1 Å². The van der Waals surface area contributed by atoms with Gasteiger partial charge in [0.1, 0.15) is 0 Å². The van der Waals surface area contributed by atoms with Crippen LogP contribution in [0.3, 0.4) is 0 Å². The van der Waals surface area contributed by atoms with Gasteiger partial charge in [-0.25, -0.2) is 0 Å². The van der Waals surface area contributed by atoms with E-state index in [1.807, 2.05) is 38.1 Å². The minimum atomic E-state index is -0.147. The molecule has 0 spiro atoms. The minimum absolute atomic E-state index is 0.0142. The summed E-state index contributed by atoms with van der Waals surface area (Å²) >= 11 is 2.23. The number of carbonyl (C=O) groups excluding carboxylic acids is 1. The standard InChI is InChI=1S/C12H15IO2/c1-3-9(2)15-12(14)8-10-5-4-6-11(13)7-10/h4-7,9H,3,8H2,1-2H3. The summed E-state index contributed by atoms with van der Waals surface area (Å²) in [7, 11) is 0. The van der Waals surface area contributed by atoms with Crippen LogP contribution >= 0.6 is 22.6 Å². The second-order valence-corrected chi connectivity index (χ2v) is 4.76. The normalized spacial score (nSPS) is 12.2. The molecule has 1 aromatic carbocycles. The summed E-state index contributed by atoms with van der Waals surface area (Å²) in [5, 5.41) is 0. The summed E-state index contributed by atoms with van der Waals surface area (Å²) < 4.78 is 6.34. The molecular weight excluding hydrogens is 303 g/mol. The van der Waals surface area contributed by atoms with E-state index >= 15 is 0 Å². The van der Waals surface area contributed by atoms with E-state index in [1.54, 1.807) is 0 Å². The smallest absolute Gasteiger partial charge is 0.310 e. The van der Waals surface area contributed by atoms with Crippen LogP contribution in [0.5, 0.6) is 0 Å². The number of ether oxygens (including phenoxy) is 1. The molecule has 2 nitrogen and oxygen atoms in total. The number of esters is 1. The van der Waals surface area contributed by atoms with Crippen molar-refractivity contribution in [1.82, 2.24) is 0 Å². The lowest BCUT2D eigenvalue weighted by Crippen LogP contribution is -2.15. The second kappa shape index (κ2) is 6.10. The van der Waals surface area contributed by atoms with Crippen LogP contribution in [0, 0.1) is 3.57 Å². The van der Waals surface area contributed by atoms with Gasteiger partial charge in [-0.2, -0.15) is 0 Å². The molecule has 0 aliphatic heterocycles. The number of benzene rings is 1. The molecule has 1 aromatic rings. The fourth-order valence-corrected chi connectivity index (χ4v) is 1.77. The Bertz CT molecular complexity index is 336. The Morgan fingerprint density at radius 2 is 2.27 bits per heavy atom. The van der Waals surface area contributed by atoms with Crippen LogP contribution in [-0.2, 0) is 16.0 Å². The molecule has 0 radical (unpaired) electrons. The molecule has 1 atom stereocenters. The first-order valence-electron chi connectivity index (χ1n) is 5.05. The first-order chi connectivity index (χ1) is 7.11. The molecule has 15 heavy (non-hydrogen) atoms. The zero-order valence-electron chi connectivity index (χ0n) is 9.00. The Morgan fingerprint density at radius 1 is 1.53 bits per heavy atom. The van der Waals surface area contributed by atoms with Gasteiger partial charge in [0.15, 0.2) is 0 Å². The molecule has 1 unspecified atom stereocenters. The van der Waals surface area contributed by atoms with E-state index < -0.39 is 0 Å². The van der Waals surface area contributed by atoms with Crippen molar-refractivity contribution < 1.29 is 9.53 Å². The highest BCUT2D eigenvalue weighted by molar-refractivity contribution is 14.1. The Morgan fingerprint density at radius 3 is 2.87 bits per heavy atom. The number of halogens is 1. The molecule has 0 amide bonds. The summed E-state index contributed by atoms with van der Waals surface area (Å²) in [5.74, 6) is -0.147. The van der Waals surface area contributed by atoms with Crippen LogP contribution in [-0.4, -0.2) is 12.1 Å². The zero-order chi connectivity index (χ0) is 11.3. The number of rotatable bonds is 4. The Hall–Kier alpha value is -0.580.